The minimum absolute atomic E-state index is 0.119. The minimum Gasteiger partial charge on any atom is -0.465 e. The van der Waals surface area contributed by atoms with Crippen LogP contribution in [0.2, 0.25) is 0 Å². The van der Waals surface area contributed by atoms with Crippen molar-refractivity contribution in [3.63, 3.8) is 0 Å². The molecule has 0 saturated carbocycles. The molecule has 17 heavy (non-hydrogen) atoms. The second-order valence-electron chi connectivity index (χ2n) is 2.98. The topological polar surface area (TPSA) is 89.0 Å². The van der Waals surface area contributed by atoms with Gasteiger partial charge in [-0.05, 0) is 12.1 Å². The monoisotopic (exact) mass is 234 g/mol. The average molecular weight is 234 g/mol. The number of nitrogens with zero attached hydrogens (tertiary/aromatic N) is 2. The standard InChI is InChI=1S/C11H10N2O4/c1-16-10(14)8-6-4-3-5-7(8)9(13-12)11(15)17-2/h3-6H,1-2H3. The van der Waals surface area contributed by atoms with Crippen molar-refractivity contribution in [2.75, 3.05) is 14.2 Å². The molecular formula is C11H10N2O4. The second kappa shape index (κ2) is 5.58. The first-order valence-corrected chi connectivity index (χ1v) is 4.63. The predicted octanol–water partition coefficient (Wildman–Crippen LogP) is 0.665. The molecule has 1 rings (SSSR count). The molecule has 6 heteroatoms. The lowest BCUT2D eigenvalue weighted by Gasteiger charge is -2.02. The van der Waals surface area contributed by atoms with Gasteiger partial charge in [0.2, 0.25) is 0 Å². The van der Waals surface area contributed by atoms with Gasteiger partial charge in [-0.25, -0.2) is 9.59 Å². The Bertz CT molecular complexity index is 504. The van der Waals surface area contributed by atoms with E-state index in [1.165, 1.54) is 19.2 Å². The van der Waals surface area contributed by atoms with Gasteiger partial charge in [0.15, 0.2) is 0 Å². The van der Waals surface area contributed by atoms with Crippen molar-refractivity contribution in [1.82, 2.24) is 0 Å². The van der Waals surface area contributed by atoms with E-state index in [-0.39, 0.29) is 16.8 Å². The number of hydrogen-bond acceptors (Lipinski definition) is 4. The van der Waals surface area contributed by atoms with Gasteiger partial charge in [-0.3, -0.25) is 0 Å². The fourth-order valence-electron chi connectivity index (χ4n) is 1.28. The van der Waals surface area contributed by atoms with Gasteiger partial charge in [-0.15, -0.1) is 0 Å². The summed E-state index contributed by atoms with van der Waals surface area (Å²) < 4.78 is 9.00. The number of rotatable bonds is 3. The summed E-state index contributed by atoms with van der Waals surface area (Å²) in [6, 6.07) is 6.10. The van der Waals surface area contributed by atoms with Gasteiger partial charge in [0.05, 0.1) is 25.3 Å². The maximum Gasteiger partial charge on any atom is 0.422 e. The van der Waals surface area contributed by atoms with Gasteiger partial charge in [0, 0.05) is 0 Å². The van der Waals surface area contributed by atoms with E-state index in [1.807, 2.05) is 0 Å². The quantitative estimate of drug-likeness (QED) is 0.332. The first kappa shape index (κ1) is 12.6. The van der Waals surface area contributed by atoms with E-state index < -0.39 is 11.9 Å². The highest BCUT2D eigenvalue weighted by molar-refractivity contribution is 6.42. The molecule has 0 aliphatic rings. The largest absolute Gasteiger partial charge is 0.465 e. The number of carbonyl (C=O) groups is 2. The summed E-state index contributed by atoms with van der Waals surface area (Å²) in [4.78, 5) is 25.6. The number of carbonyl (C=O) groups excluding carboxylic acids is 2. The van der Waals surface area contributed by atoms with Gasteiger partial charge >= 0.3 is 17.7 Å². The van der Waals surface area contributed by atoms with Gasteiger partial charge < -0.3 is 15.0 Å². The number of hydrogen-bond donors (Lipinski definition) is 0. The number of esters is 2. The molecule has 0 fully saturated rings. The fourth-order valence-corrected chi connectivity index (χ4v) is 1.28. The number of ether oxygens (including phenoxy) is 2. The normalized spacial score (nSPS) is 9.06. The van der Waals surface area contributed by atoms with Gasteiger partial charge in [0.1, 0.15) is 0 Å². The molecule has 0 spiro atoms. The maximum absolute atomic E-state index is 11.5. The van der Waals surface area contributed by atoms with Crippen molar-refractivity contribution in [1.29, 1.82) is 0 Å². The molecule has 1 aromatic carbocycles. The Hall–Kier alpha value is -2.46. The summed E-state index contributed by atoms with van der Waals surface area (Å²) in [6.45, 7) is 0. The Labute approximate surface area is 97.4 Å². The number of benzene rings is 1. The van der Waals surface area contributed by atoms with Crippen LogP contribution in [0.25, 0.3) is 5.53 Å². The zero-order valence-corrected chi connectivity index (χ0v) is 9.34. The molecule has 0 aliphatic carbocycles. The van der Waals surface area contributed by atoms with E-state index in [1.54, 1.807) is 12.1 Å². The van der Waals surface area contributed by atoms with Crippen LogP contribution in [0.1, 0.15) is 15.9 Å². The fraction of sp³-hybridized carbons (Fsp3) is 0.182. The summed E-state index contributed by atoms with van der Waals surface area (Å²) in [6.07, 6.45) is 0. The second-order valence-corrected chi connectivity index (χ2v) is 2.98. The van der Waals surface area contributed by atoms with Crippen LogP contribution in [0.15, 0.2) is 24.3 Å². The molecule has 88 valence electrons. The predicted molar refractivity (Wildman–Crippen MR) is 57.5 cm³/mol. The highest BCUT2D eigenvalue weighted by Gasteiger charge is 2.28. The molecule has 0 saturated heterocycles. The molecular weight excluding hydrogens is 224 g/mol. The average Bonchev–Trinajstić information content (AvgIpc) is 2.39. The first-order valence-electron chi connectivity index (χ1n) is 4.63. The van der Waals surface area contributed by atoms with Crippen molar-refractivity contribution in [3.05, 3.63) is 40.9 Å². The highest BCUT2D eigenvalue weighted by atomic mass is 16.5. The van der Waals surface area contributed by atoms with Crippen LogP contribution >= 0.6 is 0 Å². The molecule has 0 radical (unpaired) electrons. The lowest BCUT2D eigenvalue weighted by molar-refractivity contribution is -0.137. The summed E-state index contributed by atoms with van der Waals surface area (Å²) in [7, 11) is 2.36. The number of methoxy groups -OCH3 is 2. The third kappa shape index (κ3) is 2.56. The van der Waals surface area contributed by atoms with E-state index in [0.29, 0.717) is 0 Å². The van der Waals surface area contributed by atoms with Gasteiger partial charge in [-0.1, -0.05) is 12.1 Å². The van der Waals surface area contributed by atoms with Crippen LogP contribution in [0.5, 0.6) is 0 Å². The van der Waals surface area contributed by atoms with Crippen LogP contribution in [-0.4, -0.2) is 36.7 Å². The smallest absolute Gasteiger partial charge is 0.422 e. The van der Waals surface area contributed by atoms with Crippen molar-refractivity contribution in [3.8, 4) is 0 Å². The Morgan fingerprint density at radius 3 is 2.18 bits per heavy atom. The third-order valence-corrected chi connectivity index (χ3v) is 2.07. The minimum atomic E-state index is -0.844. The molecule has 0 unspecified atom stereocenters. The highest BCUT2D eigenvalue weighted by Crippen LogP contribution is 2.11. The van der Waals surface area contributed by atoms with E-state index >= 15 is 0 Å². The van der Waals surface area contributed by atoms with Crippen molar-refractivity contribution in [2.45, 2.75) is 0 Å². The van der Waals surface area contributed by atoms with Crippen LogP contribution in [0, 0.1) is 0 Å². The lowest BCUT2D eigenvalue weighted by atomic mass is 10.0. The molecule has 0 N–H and O–H groups in total. The zero-order valence-electron chi connectivity index (χ0n) is 9.34. The molecule has 1 aromatic rings. The summed E-state index contributed by atoms with van der Waals surface area (Å²) >= 11 is 0. The molecule has 0 heterocycles. The van der Waals surface area contributed by atoms with Crippen LogP contribution in [-0.2, 0) is 14.3 Å². The van der Waals surface area contributed by atoms with Crippen molar-refractivity contribution >= 4 is 17.7 Å². The molecule has 0 aliphatic heterocycles. The van der Waals surface area contributed by atoms with E-state index in [9.17, 15) is 9.59 Å². The first-order chi connectivity index (χ1) is 8.15. The molecule has 6 nitrogen and oxygen atoms in total. The Balaban J connectivity index is 3.35. The summed E-state index contributed by atoms with van der Waals surface area (Å²) in [5.41, 5.74) is 8.71. The molecule has 0 atom stereocenters. The Kier molecular flexibility index (Phi) is 4.14. The Morgan fingerprint density at radius 1 is 1.12 bits per heavy atom. The summed E-state index contributed by atoms with van der Waals surface area (Å²) in [5.74, 6) is -1.48. The van der Waals surface area contributed by atoms with Crippen molar-refractivity contribution < 1.29 is 23.9 Å². The Morgan fingerprint density at radius 2 is 1.71 bits per heavy atom. The summed E-state index contributed by atoms with van der Waals surface area (Å²) in [5, 5.41) is 0. The molecule has 0 aromatic heterocycles. The van der Waals surface area contributed by atoms with Gasteiger partial charge in [-0.2, -0.15) is 4.79 Å². The SMILES string of the molecule is COC(=O)C(=[N+]=[N-])c1ccccc1C(=O)OC. The molecule has 0 amide bonds. The third-order valence-electron chi connectivity index (χ3n) is 2.07. The van der Waals surface area contributed by atoms with E-state index in [2.05, 4.69) is 14.3 Å². The molecule has 0 bridgehead atoms. The van der Waals surface area contributed by atoms with Crippen LogP contribution in [0.3, 0.4) is 0 Å². The zero-order chi connectivity index (χ0) is 12.8. The maximum atomic E-state index is 11.5. The van der Waals surface area contributed by atoms with Crippen molar-refractivity contribution in [2.24, 2.45) is 0 Å². The lowest BCUT2D eigenvalue weighted by Crippen LogP contribution is -2.21. The van der Waals surface area contributed by atoms with E-state index in [0.717, 1.165) is 7.11 Å². The van der Waals surface area contributed by atoms with Gasteiger partial charge in [0.25, 0.3) is 0 Å². The van der Waals surface area contributed by atoms with Crippen LogP contribution < -0.4 is 0 Å². The van der Waals surface area contributed by atoms with Crippen LogP contribution in [0.4, 0.5) is 0 Å². The van der Waals surface area contributed by atoms with E-state index in [4.69, 9.17) is 5.53 Å².